The smallest absolute Gasteiger partial charge is 0.169 e. The number of nitrogens with zero attached hydrogens (tertiary/aromatic N) is 3. The number of benzene rings is 1. The molecular formula is C17H17N3O. The Kier molecular flexibility index (Phi) is 6.42. The number of rotatable bonds is 0. The Morgan fingerprint density at radius 1 is 0.810 bits per heavy atom. The molecule has 0 atom stereocenters. The molecule has 0 fully saturated rings. The lowest BCUT2D eigenvalue weighted by atomic mass is 10.2. The van der Waals surface area contributed by atoms with E-state index in [1.807, 2.05) is 48.7 Å². The zero-order valence-corrected chi connectivity index (χ0v) is 11.7. The van der Waals surface area contributed by atoms with Gasteiger partial charge in [-0.15, -0.1) is 0 Å². The summed E-state index contributed by atoms with van der Waals surface area (Å²) in [7, 11) is 0. The summed E-state index contributed by atoms with van der Waals surface area (Å²) in [5, 5.41) is 1.20. The monoisotopic (exact) mass is 279 g/mol. The molecule has 2 aromatic heterocycles. The van der Waals surface area contributed by atoms with Crippen LogP contribution in [0.2, 0.25) is 0 Å². The van der Waals surface area contributed by atoms with Crippen molar-refractivity contribution in [1.82, 2.24) is 9.97 Å². The van der Waals surface area contributed by atoms with E-state index in [1.54, 1.807) is 12.4 Å². The molecule has 1 aliphatic heterocycles. The van der Waals surface area contributed by atoms with Gasteiger partial charge >= 0.3 is 0 Å². The van der Waals surface area contributed by atoms with E-state index in [9.17, 15) is 0 Å². The van der Waals surface area contributed by atoms with Gasteiger partial charge in [0.25, 0.3) is 0 Å². The second-order valence-corrected chi connectivity index (χ2v) is 4.10. The Hall–Kier alpha value is -2.75. The third-order valence-electron chi connectivity index (χ3n) is 2.57. The molecule has 0 saturated carbocycles. The van der Waals surface area contributed by atoms with Crippen molar-refractivity contribution in [2.45, 2.75) is 0 Å². The molecule has 0 amide bonds. The Bertz CT molecular complexity index is 558. The average Bonchev–Trinajstić information content (AvgIpc) is 3.17. The predicted molar refractivity (Wildman–Crippen MR) is 85.3 cm³/mol. The van der Waals surface area contributed by atoms with Crippen LogP contribution in [0.15, 0.2) is 78.2 Å². The van der Waals surface area contributed by atoms with Gasteiger partial charge in [-0.1, -0.05) is 30.3 Å². The maximum absolute atomic E-state index is 4.65. The fourth-order valence-corrected chi connectivity index (χ4v) is 1.59. The topological polar surface area (TPSA) is 47.4 Å². The molecule has 4 heteroatoms. The van der Waals surface area contributed by atoms with Crippen molar-refractivity contribution in [2.75, 3.05) is 13.2 Å². The second kappa shape index (κ2) is 9.20. The van der Waals surface area contributed by atoms with Gasteiger partial charge in [-0.3, -0.25) is 15.0 Å². The highest BCUT2D eigenvalue weighted by atomic mass is 16.5. The first-order valence-corrected chi connectivity index (χ1v) is 6.71. The van der Waals surface area contributed by atoms with E-state index in [4.69, 9.17) is 0 Å². The molecular weight excluding hydrogens is 262 g/mol. The van der Waals surface area contributed by atoms with Crippen LogP contribution >= 0.6 is 0 Å². The van der Waals surface area contributed by atoms with Crippen molar-refractivity contribution < 1.29 is 4.74 Å². The van der Waals surface area contributed by atoms with E-state index in [0.29, 0.717) is 0 Å². The molecule has 0 bridgehead atoms. The van der Waals surface area contributed by atoms with Crippen LogP contribution in [0.4, 0.5) is 0 Å². The molecule has 3 heterocycles. The minimum absolute atomic E-state index is 0.778. The van der Waals surface area contributed by atoms with Crippen molar-refractivity contribution in [2.24, 2.45) is 4.99 Å². The van der Waals surface area contributed by atoms with Gasteiger partial charge in [0.15, 0.2) is 6.40 Å². The van der Waals surface area contributed by atoms with E-state index >= 15 is 0 Å². The van der Waals surface area contributed by atoms with Gasteiger partial charge in [0.05, 0.1) is 12.1 Å². The Morgan fingerprint density at radius 3 is 2.14 bits per heavy atom. The second-order valence-electron chi connectivity index (χ2n) is 4.10. The van der Waals surface area contributed by atoms with Crippen LogP contribution in [-0.2, 0) is 4.74 Å². The van der Waals surface area contributed by atoms with Gasteiger partial charge in [0.1, 0.15) is 6.61 Å². The molecule has 4 rings (SSSR count). The van der Waals surface area contributed by atoms with Crippen LogP contribution in [0, 0.1) is 0 Å². The number of hydrogen-bond donors (Lipinski definition) is 0. The molecule has 0 saturated heterocycles. The minimum Gasteiger partial charge on any atom is -0.482 e. The van der Waals surface area contributed by atoms with Crippen molar-refractivity contribution >= 4 is 17.3 Å². The molecule has 0 unspecified atom stereocenters. The van der Waals surface area contributed by atoms with Gasteiger partial charge in [0.2, 0.25) is 0 Å². The van der Waals surface area contributed by atoms with E-state index in [-0.39, 0.29) is 0 Å². The zero-order valence-electron chi connectivity index (χ0n) is 11.7. The number of ether oxygens (including phenoxy) is 1. The maximum atomic E-state index is 4.65. The highest BCUT2D eigenvalue weighted by molar-refractivity contribution is 5.77. The maximum Gasteiger partial charge on any atom is 0.169 e. The third kappa shape index (κ3) is 5.82. The molecule has 0 N–H and O–H groups in total. The van der Waals surface area contributed by atoms with Gasteiger partial charge < -0.3 is 4.74 Å². The van der Waals surface area contributed by atoms with Crippen LogP contribution in [-0.4, -0.2) is 29.5 Å². The third-order valence-corrected chi connectivity index (χ3v) is 2.57. The molecule has 3 aromatic rings. The molecule has 4 nitrogen and oxygen atoms in total. The minimum atomic E-state index is 0.778. The van der Waals surface area contributed by atoms with Crippen molar-refractivity contribution in [3.8, 4) is 0 Å². The largest absolute Gasteiger partial charge is 0.482 e. The first-order valence-electron chi connectivity index (χ1n) is 6.71. The van der Waals surface area contributed by atoms with E-state index in [2.05, 4.69) is 31.8 Å². The van der Waals surface area contributed by atoms with Crippen LogP contribution in [0.5, 0.6) is 0 Å². The predicted octanol–water partition coefficient (Wildman–Crippen LogP) is 3.36. The molecule has 1 aliphatic rings. The Balaban J connectivity index is 0.000000126. The van der Waals surface area contributed by atoms with E-state index < -0.39 is 0 Å². The quantitative estimate of drug-likeness (QED) is 0.634. The highest BCUT2D eigenvalue weighted by Gasteiger charge is 1.86. The SMILES string of the molecule is C1=NCCO1.c1ccc2ncccc2c1.c1ccncc1. The fourth-order valence-electron chi connectivity index (χ4n) is 1.59. The van der Waals surface area contributed by atoms with Gasteiger partial charge in [-0.25, -0.2) is 0 Å². The Labute approximate surface area is 124 Å². The van der Waals surface area contributed by atoms with Crippen molar-refractivity contribution in [3.05, 3.63) is 73.2 Å². The molecule has 0 spiro atoms. The molecule has 0 aliphatic carbocycles. The number of para-hydroxylation sites is 1. The first kappa shape index (κ1) is 14.7. The molecule has 106 valence electrons. The van der Waals surface area contributed by atoms with Gasteiger partial charge in [-0.05, 0) is 24.3 Å². The summed E-state index contributed by atoms with van der Waals surface area (Å²) < 4.78 is 4.65. The van der Waals surface area contributed by atoms with Crippen molar-refractivity contribution in [1.29, 1.82) is 0 Å². The first-order chi connectivity index (χ1) is 10.5. The van der Waals surface area contributed by atoms with Crippen LogP contribution in [0.25, 0.3) is 10.9 Å². The van der Waals surface area contributed by atoms with E-state index in [0.717, 1.165) is 18.7 Å². The molecule has 0 radical (unpaired) electrons. The van der Waals surface area contributed by atoms with Crippen LogP contribution in [0.1, 0.15) is 0 Å². The number of fused-ring (bicyclic) bond motifs is 1. The summed E-state index contributed by atoms with van der Waals surface area (Å²) >= 11 is 0. The zero-order chi connectivity index (χ0) is 14.6. The lowest BCUT2D eigenvalue weighted by Crippen LogP contribution is -1.80. The normalized spacial score (nSPS) is 11.6. The summed E-state index contributed by atoms with van der Waals surface area (Å²) in [5.74, 6) is 0. The number of pyridine rings is 2. The number of aliphatic imine (C=N–C) groups is 1. The summed E-state index contributed by atoms with van der Waals surface area (Å²) in [5.41, 5.74) is 1.06. The lowest BCUT2D eigenvalue weighted by molar-refractivity contribution is 0.361. The van der Waals surface area contributed by atoms with E-state index in [1.165, 1.54) is 11.8 Å². The number of hydrogen-bond acceptors (Lipinski definition) is 4. The standard InChI is InChI=1S/C9H7N.C5H5N.C3H5NO/c1-2-6-9-8(4-1)5-3-7-10-9;1-2-4-6-5-3-1;1-2-5-3-4-1/h1-7H;1-5H;3H,1-2H2. The highest BCUT2D eigenvalue weighted by Crippen LogP contribution is 2.07. The van der Waals surface area contributed by atoms with Crippen molar-refractivity contribution in [3.63, 3.8) is 0 Å². The molecule has 21 heavy (non-hydrogen) atoms. The van der Waals surface area contributed by atoms with Gasteiger partial charge in [-0.2, -0.15) is 0 Å². The Morgan fingerprint density at radius 2 is 1.62 bits per heavy atom. The molecule has 1 aromatic carbocycles. The summed E-state index contributed by atoms with van der Waals surface area (Å²) in [6.07, 6.45) is 6.79. The summed E-state index contributed by atoms with van der Waals surface area (Å²) in [6.45, 7) is 1.62. The van der Waals surface area contributed by atoms with Crippen LogP contribution < -0.4 is 0 Å². The average molecular weight is 279 g/mol. The summed E-state index contributed by atoms with van der Waals surface area (Å²) in [6, 6.07) is 17.8. The van der Waals surface area contributed by atoms with Crippen LogP contribution in [0.3, 0.4) is 0 Å². The fraction of sp³-hybridized carbons (Fsp3) is 0.118. The van der Waals surface area contributed by atoms with Gasteiger partial charge in [0, 0.05) is 24.0 Å². The lowest BCUT2D eigenvalue weighted by Gasteiger charge is -1.91. The summed E-state index contributed by atoms with van der Waals surface area (Å²) in [4.78, 5) is 11.7. The number of aromatic nitrogens is 2.